The highest BCUT2D eigenvalue weighted by Gasteiger charge is 1.58. The summed E-state index contributed by atoms with van der Waals surface area (Å²) < 4.78 is 0. The van der Waals surface area contributed by atoms with Crippen LogP contribution in [0.1, 0.15) is 27.7 Å². The highest BCUT2D eigenvalue weighted by Crippen LogP contribution is 1.80. The molecular formula is C24H34. The standard InChI is InChI=1S/C8H10.2C6H6.2C2H6/c1-3-5-7-8-6-4-2;2*1-2-4-6-5-3-1;2*1-2/h3-8H,1-2H2;2*1-6H;2*1-2H3/b7-5-,8-6-;;;;. The van der Waals surface area contributed by atoms with E-state index < -0.39 is 0 Å². The van der Waals surface area contributed by atoms with Gasteiger partial charge in [0, 0.05) is 0 Å². The van der Waals surface area contributed by atoms with E-state index >= 15 is 0 Å². The smallest absolute Gasteiger partial charge is 0.0623 e. The molecule has 0 nitrogen and oxygen atoms in total. The van der Waals surface area contributed by atoms with Crippen LogP contribution in [0.15, 0.2) is 122 Å². The lowest BCUT2D eigenvalue weighted by Crippen LogP contribution is -1.47. The van der Waals surface area contributed by atoms with Gasteiger partial charge >= 0.3 is 0 Å². The second-order valence-corrected chi connectivity index (χ2v) is 3.55. The van der Waals surface area contributed by atoms with E-state index in [9.17, 15) is 0 Å². The summed E-state index contributed by atoms with van der Waals surface area (Å²) >= 11 is 0. The zero-order valence-electron chi connectivity index (χ0n) is 15.8. The molecule has 0 atom stereocenters. The molecule has 0 bridgehead atoms. The minimum atomic E-state index is 1.73. The molecule has 0 amide bonds. The van der Waals surface area contributed by atoms with Crippen LogP contribution in [0.25, 0.3) is 0 Å². The lowest BCUT2D eigenvalue weighted by atomic mass is 10.4. The van der Waals surface area contributed by atoms with E-state index in [1.807, 2.05) is 125 Å². The van der Waals surface area contributed by atoms with Crippen molar-refractivity contribution in [3.63, 3.8) is 0 Å². The number of benzene rings is 2. The molecule has 0 unspecified atom stereocenters. The van der Waals surface area contributed by atoms with Crippen molar-refractivity contribution in [2.75, 3.05) is 0 Å². The fraction of sp³-hybridized carbons (Fsp3) is 0.167. The maximum Gasteiger partial charge on any atom is -0.0623 e. The van der Waals surface area contributed by atoms with Crippen LogP contribution in [0.2, 0.25) is 0 Å². The van der Waals surface area contributed by atoms with Gasteiger partial charge in [-0.1, -0.05) is 150 Å². The third-order valence-corrected chi connectivity index (χ3v) is 1.94. The first kappa shape index (κ1) is 26.3. The SMILES string of the molecule is C=C/C=C\C=C/C=C.CC.CC.c1ccccc1.c1ccccc1. The van der Waals surface area contributed by atoms with Crippen molar-refractivity contribution in [2.24, 2.45) is 0 Å². The maximum absolute atomic E-state index is 3.51. The van der Waals surface area contributed by atoms with Gasteiger partial charge in [0.25, 0.3) is 0 Å². The van der Waals surface area contributed by atoms with E-state index in [0.29, 0.717) is 0 Å². The molecule has 2 aromatic rings. The number of allylic oxidation sites excluding steroid dienone is 6. The molecule has 0 fully saturated rings. The van der Waals surface area contributed by atoms with Crippen molar-refractivity contribution in [1.82, 2.24) is 0 Å². The van der Waals surface area contributed by atoms with E-state index in [4.69, 9.17) is 0 Å². The molecule has 0 heterocycles. The molecule has 0 saturated heterocycles. The van der Waals surface area contributed by atoms with Crippen LogP contribution in [-0.2, 0) is 0 Å². The van der Waals surface area contributed by atoms with Crippen LogP contribution in [0.3, 0.4) is 0 Å². The largest absolute Gasteiger partial charge is 0.0991 e. The van der Waals surface area contributed by atoms with E-state index in [1.165, 1.54) is 0 Å². The van der Waals surface area contributed by atoms with Gasteiger partial charge in [-0.15, -0.1) is 0 Å². The molecule has 24 heavy (non-hydrogen) atoms. The maximum atomic E-state index is 3.51. The molecule has 130 valence electrons. The normalized spacial score (nSPS) is 8.00. The first-order valence-corrected chi connectivity index (χ1v) is 8.48. The van der Waals surface area contributed by atoms with Gasteiger partial charge in [-0.3, -0.25) is 0 Å². The molecule has 2 aromatic carbocycles. The van der Waals surface area contributed by atoms with Gasteiger partial charge in [-0.05, 0) is 0 Å². The molecule has 0 aromatic heterocycles. The zero-order chi connectivity index (χ0) is 18.7. The van der Waals surface area contributed by atoms with E-state index in [-0.39, 0.29) is 0 Å². The Balaban J connectivity index is -0.000000251. The van der Waals surface area contributed by atoms with Gasteiger partial charge in [-0.25, -0.2) is 0 Å². The Morgan fingerprint density at radius 2 is 0.542 bits per heavy atom. The zero-order valence-corrected chi connectivity index (χ0v) is 15.8. The van der Waals surface area contributed by atoms with Crippen LogP contribution in [-0.4, -0.2) is 0 Å². The Hall–Kier alpha value is -2.60. The summed E-state index contributed by atoms with van der Waals surface area (Å²) in [7, 11) is 0. The molecule has 0 aliphatic carbocycles. The van der Waals surface area contributed by atoms with Crippen LogP contribution < -0.4 is 0 Å². The first-order valence-electron chi connectivity index (χ1n) is 8.48. The molecule has 0 saturated carbocycles. The van der Waals surface area contributed by atoms with Crippen molar-refractivity contribution in [1.29, 1.82) is 0 Å². The predicted molar refractivity (Wildman–Crippen MR) is 114 cm³/mol. The van der Waals surface area contributed by atoms with Crippen LogP contribution in [0, 0.1) is 0 Å². The summed E-state index contributed by atoms with van der Waals surface area (Å²) in [4.78, 5) is 0. The van der Waals surface area contributed by atoms with E-state index in [1.54, 1.807) is 12.2 Å². The molecule has 2 rings (SSSR count). The Bertz CT molecular complexity index is 363. The van der Waals surface area contributed by atoms with Crippen LogP contribution >= 0.6 is 0 Å². The predicted octanol–water partition coefficient (Wildman–Crippen LogP) is 7.90. The lowest BCUT2D eigenvalue weighted by Gasteiger charge is -1.69. The summed E-state index contributed by atoms with van der Waals surface area (Å²) in [5, 5.41) is 0. The fourth-order valence-electron chi connectivity index (χ4n) is 1.06. The first-order chi connectivity index (χ1) is 11.9. The molecule has 0 aliphatic heterocycles. The molecule has 0 radical (unpaired) electrons. The Morgan fingerprint density at radius 3 is 0.667 bits per heavy atom. The summed E-state index contributed by atoms with van der Waals surface area (Å²) in [6.07, 6.45) is 11.0. The molecule has 0 N–H and O–H groups in total. The Kier molecular flexibility index (Phi) is 35.5. The summed E-state index contributed by atoms with van der Waals surface area (Å²) in [5.41, 5.74) is 0. The summed E-state index contributed by atoms with van der Waals surface area (Å²) in [6, 6.07) is 24.0. The third-order valence-electron chi connectivity index (χ3n) is 1.94. The van der Waals surface area contributed by atoms with Gasteiger partial charge in [0.05, 0.1) is 0 Å². The average Bonchev–Trinajstić information content (AvgIpc) is 2.72. The Morgan fingerprint density at radius 1 is 0.375 bits per heavy atom. The topological polar surface area (TPSA) is 0 Å². The number of hydrogen-bond acceptors (Lipinski definition) is 0. The van der Waals surface area contributed by atoms with Gasteiger partial charge in [0.2, 0.25) is 0 Å². The van der Waals surface area contributed by atoms with Crippen molar-refractivity contribution in [3.8, 4) is 0 Å². The minimum absolute atomic E-state index is 1.73. The molecule has 0 heteroatoms. The van der Waals surface area contributed by atoms with Gasteiger partial charge in [-0.2, -0.15) is 0 Å². The van der Waals surface area contributed by atoms with Gasteiger partial charge in [0.15, 0.2) is 0 Å². The van der Waals surface area contributed by atoms with Gasteiger partial charge in [0.1, 0.15) is 0 Å². The number of rotatable bonds is 3. The summed E-state index contributed by atoms with van der Waals surface area (Å²) in [5.74, 6) is 0. The Labute approximate surface area is 150 Å². The number of hydrogen-bond donors (Lipinski definition) is 0. The van der Waals surface area contributed by atoms with Gasteiger partial charge < -0.3 is 0 Å². The second kappa shape index (κ2) is 32.4. The quantitative estimate of drug-likeness (QED) is 0.504. The van der Waals surface area contributed by atoms with Crippen molar-refractivity contribution < 1.29 is 0 Å². The van der Waals surface area contributed by atoms with E-state index in [0.717, 1.165) is 0 Å². The second-order valence-electron chi connectivity index (χ2n) is 3.55. The van der Waals surface area contributed by atoms with Crippen molar-refractivity contribution in [2.45, 2.75) is 27.7 Å². The van der Waals surface area contributed by atoms with Crippen molar-refractivity contribution in [3.05, 3.63) is 122 Å². The van der Waals surface area contributed by atoms with E-state index in [2.05, 4.69) is 13.2 Å². The molecular weight excluding hydrogens is 288 g/mol. The molecule has 0 aliphatic rings. The fourth-order valence-corrected chi connectivity index (χ4v) is 1.06. The highest BCUT2D eigenvalue weighted by atomic mass is 13.7. The highest BCUT2D eigenvalue weighted by molar-refractivity contribution is 5.12. The third kappa shape index (κ3) is 31.7. The minimum Gasteiger partial charge on any atom is -0.0991 e. The van der Waals surface area contributed by atoms with Crippen LogP contribution in [0.5, 0.6) is 0 Å². The monoisotopic (exact) mass is 322 g/mol. The average molecular weight is 323 g/mol. The molecule has 0 spiro atoms. The summed E-state index contributed by atoms with van der Waals surface area (Å²) in [6.45, 7) is 15.0. The van der Waals surface area contributed by atoms with Crippen molar-refractivity contribution >= 4 is 0 Å². The lowest BCUT2D eigenvalue weighted by molar-refractivity contribution is 1.50. The van der Waals surface area contributed by atoms with Crippen LogP contribution in [0.4, 0.5) is 0 Å².